The number of carbonyl (C=O) groups is 3. The number of aryl methyl sites for hydroxylation is 2. The second-order valence-electron chi connectivity index (χ2n) is 4.29. The number of rotatable bonds is 5. The van der Waals surface area contributed by atoms with Gasteiger partial charge in [0.05, 0.1) is 0 Å². The molecule has 0 atom stereocenters. The second kappa shape index (κ2) is 6.00. The molecule has 0 saturated heterocycles. The molecular formula is C12H14N2O6. The van der Waals surface area contributed by atoms with Crippen molar-refractivity contribution in [1.29, 1.82) is 0 Å². The normalized spacial score (nSPS) is 10.1. The number of pyridine rings is 1. The molecule has 0 aliphatic heterocycles. The number of amides is 1. The third-order valence-electron chi connectivity index (χ3n) is 2.52. The fourth-order valence-corrected chi connectivity index (χ4v) is 1.80. The molecule has 0 aliphatic carbocycles. The highest BCUT2D eigenvalue weighted by Crippen LogP contribution is 2.07. The molecule has 0 fully saturated rings. The Morgan fingerprint density at radius 3 is 2.05 bits per heavy atom. The van der Waals surface area contributed by atoms with Crippen molar-refractivity contribution in [3.8, 4) is 0 Å². The fraction of sp³-hybridized carbons (Fsp3) is 0.333. The van der Waals surface area contributed by atoms with Crippen LogP contribution in [0.4, 0.5) is 0 Å². The maximum Gasteiger partial charge on any atom is 0.323 e. The highest BCUT2D eigenvalue weighted by atomic mass is 16.4. The molecule has 0 unspecified atom stereocenters. The van der Waals surface area contributed by atoms with E-state index in [4.69, 9.17) is 10.2 Å². The summed E-state index contributed by atoms with van der Waals surface area (Å²) in [6, 6.07) is 1.55. The van der Waals surface area contributed by atoms with Gasteiger partial charge in [-0.15, -0.1) is 0 Å². The zero-order valence-electron chi connectivity index (χ0n) is 11.0. The SMILES string of the molecule is Cc1cc(C)c(C(=O)N(CC(=O)O)CC(=O)O)c(=O)[nH]1. The molecule has 1 amide bonds. The van der Waals surface area contributed by atoms with Crippen LogP contribution in [-0.2, 0) is 9.59 Å². The van der Waals surface area contributed by atoms with Crippen molar-refractivity contribution in [2.45, 2.75) is 13.8 Å². The first-order valence-corrected chi connectivity index (χ1v) is 5.65. The molecule has 1 heterocycles. The molecule has 0 aromatic carbocycles. The average molecular weight is 282 g/mol. The Labute approximate surface area is 113 Å². The zero-order chi connectivity index (χ0) is 15.4. The molecule has 0 spiro atoms. The van der Waals surface area contributed by atoms with E-state index in [1.165, 1.54) is 6.92 Å². The Kier molecular flexibility index (Phi) is 4.63. The summed E-state index contributed by atoms with van der Waals surface area (Å²) in [5.41, 5.74) is -0.0181. The van der Waals surface area contributed by atoms with Crippen LogP contribution in [0, 0.1) is 13.8 Å². The van der Waals surface area contributed by atoms with Crippen molar-refractivity contribution in [2.24, 2.45) is 0 Å². The molecule has 1 aromatic rings. The lowest BCUT2D eigenvalue weighted by Crippen LogP contribution is -2.42. The largest absolute Gasteiger partial charge is 0.480 e. The van der Waals surface area contributed by atoms with E-state index in [2.05, 4.69) is 4.98 Å². The van der Waals surface area contributed by atoms with Crippen LogP contribution in [0.2, 0.25) is 0 Å². The molecule has 108 valence electrons. The minimum atomic E-state index is -1.36. The van der Waals surface area contributed by atoms with E-state index in [-0.39, 0.29) is 5.56 Å². The summed E-state index contributed by atoms with van der Waals surface area (Å²) in [5.74, 6) is -3.64. The number of carboxylic acid groups (broad SMARTS) is 2. The Hall–Kier alpha value is -2.64. The van der Waals surface area contributed by atoms with Gasteiger partial charge in [-0.3, -0.25) is 19.2 Å². The third kappa shape index (κ3) is 3.67. The highest BCUT2D eigenvalue weighted by molar-refractivity contribution is 5.98. The Bertz CT molecular complexity index is 603. The summed E-state index contributed by atoms with van der Waals surface area (Å²) in [6.07, 6.45) is 0. The number of nitrogens with one attached hydrogen (secondary N) is 1. The first kappa shape index (κ1) is 15.4. The third-order valence-corrected chi connectivity index (χ3v) is 2.52. The van der Waals surface area contributed by atoms with Gasteiger partial charge in [0.15, 0.2) is 0 Å². The lowest BCUT2D eigenvalue weighted by atomic mass is 10.1. The predicted molar refractivity (Wildman–Crippen MR) is 67.7 cm³/mol. The Balaban J connectivity index is 3.21. The molecule has 1 rings (SSSR count). The molecule has 0 aliphatic rings. The minimum Gasteiger partial charge on any atom is -0.480 e. The lowest BCUT2D eigenvalue weighted by molar-refractivity contribution is -0.140. The van der Waals surface area contributed by atoms with E-state index >= 15 is 0 Å². The van der Waals surface area contributed by atoms with Crippen LogP contribution in [0.3, 0.4) is 0 Å². The fourth-order valence-electron chi connectivity index (χ4n) is 1.80. The monoisotopic (exact) mass is 282 g/mol. The molecule has 0 radical (unpaired) electrons. The molecule has 8 nitrogen and oxygen atoms in total. The van der Waals surface area contributed by atoms with Crippen LogP contribution in [-0.4, -0.2) is 51.0 Å². The molecule has 8 heteroatoms. The van der Waals surface area contributed by atoms with Gasteiger partial charge in [0.2, 0.25) is 0 Å². The van der Waals surface area contributed by atoms with Gasteiger partial charge in [-0.2, -0.15) is 0 Å². The summed E-state index contributed by atoms with van der Waals surface area (Å²) >= 11 is 0. The van der Waals surface area contributed by atoms with Crippen LogP contribution in [0.1, 0.15) is 21.6 Å². The van der Waals surface area contributed by atoms with Crippen molar-refractivity contribution < 1.29 is 24.6 Å². The number of aliphatic carboxylic acids is 2. The van der Waals surface area contributed by atoms with Crippen molar-refractivity contribution >= 4 is 17.8 Å². The Morgan fingerprint density at radius 2 is 1.65 bits per heavy atom. The molecule has 1 aromatic heterocycles. The molecule has 0 bridgehead atoms. The summed E-state index contributed by atoms with van der Waals surface area (Å²) in [5, 5.41) is 17.4. The number of carbonyl (C=O) groups excluding carboxylic acids is 1. The maximum atomic E-state index is 12.1. The highest BCUT2D eigenvalue weighted by Gasteiger charge is 2.24. The van der Waals surface area contributed by atoms with Gasteiger partial charge >= 0.3 is 11.9 Å². The molecule has 3 N–H and O–H groups in total. The number of hydrogen-bond donors (Lipinski definition) is 3. The van der Waals surface area contributed by atoms with Crippen molar-refractivity contribution in [2.75, 3.05) is 13.1 Å². The summed E-state index contributed by atoms with van der Waals surface area (Å²) in [4.78, 5) is 48.3. The second-order valence-corrected chi connectivity index (χ2v) is 4.29. The van der Waals surface area contributed by atoms with Crippen LogP contribution in [0.5, 0.6) is 0 Å². The first-order chi connectivity index (χ1) is 9.22. The molecule has 20 heavy (non-hydrogen) atoms. The van der Waals surface area contributed by atoms with Gasteiger partial charge < -0.3 is 20.1 Å². The number of carboxylic acids is 2. The number of hydrogen-bond acceptors (Lipinski definition) is 4. The molecular weight excluding hydrogens is 268 g/mol. The van der Waals surface area contributed by atoms with E-state index < -0.39 is 36.5 Å². The Morgan fingerprint density at radius 1 is 1.15 bits per heavy atom. The first-order valence-electron chi connectivity index (χ1n) is 5.65. The van der Waals surface area contributed by atoms with E-state index in [1.54, 1.807) is 13.0 Å². The van der Waals surface area contributed by atoms with Crippen LogP contribution in [0.15, 0.2) is 10.9 Å². The standard InChI is InChI=1S/C12H14N2O6/c1-6-3-7(2)13-11(19)10(6)12(20)14(4-8(15)16)5-9(17)18/h3H,4-5H2,1-2H3,(H,13,19)(H,15,16)(H,17,18). The van der Waals surface area contributed by atoms with E-state index in [9.17, 15) is 19.2 Å². The van der Waals surface area contributed by atoms with Crippen molar-refractivity contribution in [3.63, 3.8) is 0 Å². The van der Waals surface area contributed by atoms with Gasteiger partial charge in [0.25, 0.3) is 11.5 Å². The van der Waals surface area contributed by atoms with Gasteiger partial charge in [-0.25, -0.2) is 0 Å². The van der Waals surface area contributed by atoms with Gasteiger partial charge in [0, 0.05) is 5.69 Å². The number of aromatic nitrogens is 1. The number of aromatic amines is 1. The van der Waals surface area contributed by atoms with E-state index in [0.29, 0.717) is 16.2 Å². The topological polar surface area (TPSA) is 128 Å². The summed E-state index contributed by atoms with van der Waals surface area (Å²) < 4.78 is 0. The van der Waals surface area contributed by atoms with Crippen LogP contribution < -0.4 is 5.56 Å². The average Bonchev–Trinajstić information content (AvgIpc) is 2.24. The molecule has 0 saturated carbocycles. The van der Waals surface area contributed by atoms with Crippen molar-refractivity contribution in [3.05, 3.63) is 33.2 Å². The number of nitrogens with zero attached hydrogens (tertiary/aromatic N) is 1. The minimum absolute atomic E-state index is 0.252. The summed E-state index contributed by atoms with van der Waals surface area (Å²) in [7, 11) is 0. The van der Waals surface area contributed by atoms with Gasteiger partial charge in [-0.1, -0.05) is 0 Å². The quantitative estimate of drug-likeness (QED) is 0.674. The zero-order valence-corrected chi connectivity index (χ0v) is 11.0. The predicted octanol–water partition coefficient (Wildman–Crippen LogP) is -0.397. The van der Waals surface area contributed by atoms with E-state index in [0.717, 1.165) is 0 Å². The van der Waals surface area contributed by atoms with Crippen LogP contribution in [0.25, 0.3) is 0 Å². The van der Waals surface area contributed by atoms with Gasteiger partial charge in [0.1, 0.15) is 18.7 Å². The van der Waals surface area contributed by atoms with Crippen molar-refractivity contribution in [1.82, 2.24) is 9.88 Å². The summed E-state index contributed by atoms with van der Waals surface area (Å²) in [6.45, 7) is 1.57. The van der Waals surface area contributed by atoms with Gasteiger partial charge in [-0.05, 0) is 25.5 Å². The lowest BCUT2D eigenvalue weighted by Gasteiger charge is -2.19. The van der Waals surface area contributed by atoms with E-state index in [1.807, 2.05) is 0 Å². The maximum absolute atomic E-state index is 12.1. The smallest absolute Gasteiger partial charge is 0.323 e. The number of H-pyrrole nitrogens is 1. The van der Waals surface area contributed by atoms with Crippen LogP contribution >= 0.6 is 0 Å².